The molecule has 4 aromatic rings. The van der Waals surface area contributed by atoms with Crippen molar-refractivity contribution in [3.05, 3.63) is 75.9 Å². The van der Waals surface area contributed by atoms with Crippen LogP contribution in [0.4, 0.5) is 5.69 Å². The molecule has 0 unspecified atom stereocenters. The maximum atomic E-state index is 11.6. The Bertz CT molecular complexity index is 1450. The SMILES string of the molecule is COC(=O)Cc1ccc(Oc2ccc3[nH]c(C#N)cc3c2NSc2ccc(Cl)cc2Cl)c(OC)c1. The van der Waals surface area contributed by atoms with E-state index in [4.69, 9.17) is 37.4 Å². The molecule has 0 bridgehead atoms. The highest BCUT2D eigenvalue weighted by Crippen LogP contribution is 2.42. The zero-order chi connectivity index (χ0) is 24.9. The largest absolute Gasteiger partial charge is 0.493 e. The molecule has 0 aliphatic heterocycles. The van der Waals surface area contributed by atoms with Gasteiger partial charge in [0, 0.05) is 20.8 Å². The summed E-state index contributed by atoms with van der Waals surface area (Å²) in [5, 5.41) is 11.2. The molecule has 0 atom stereocenters. The third-order valence-corrected chi connectivity index (χ3v) is 6.61. The van der Waals surface area contributed by atoms with Gasteiger partial charge in [-0.15, -0.1) is 0 Å². The summed E-state index contributed by atoms with van der Waals surface area (Å²) in [5.41, 5.74) is 2.54. The lowest BCUT2D eigenvalue weighted by molar-refractivity contribution is -0.139. The number of carbonyl (C=O) groups excluding carboxylic acids is 1. The quantitative estimate of drug-likeness (QED) is 0.188. The molecule has 0 radical (unpaired) electrons. The van der Waals surface area contributed by atoms with Gasteiger partial charge < -0.3 is 23.9 Å². The summed E-state index contributed by atoms with van der Waals surface area (Å²) in [4.78, 5) is 15.5. The van der Waals surface area contributed by atoms with Crippen LogP contribution < -0.4 is 14.2 Å². The number of aromatic nitrogens is 1. The molecular formula is C25H19Cl2N3O4S. The highest BCUT2D eigenvalue weighted by Gasteiger charge is 2.16. The zero-order valence-electron chi connectivity index (χ0n) is 18.6. The third-order valence-electron chi connectivity index (χ3n) is 5.07. The minimum absolute atomic E-state index is 0.116. The van der Waals surface area contributed by atoms with Crippen molar-refractivity contribution in [2.75, 3.05) is 18.9 Å². The number of nitrogens with one attached hydrogen (secondary N) is 2. The first-order valence-corrected chi connectivity index (χ1v) is 11.8. The lowest BCUT2D eigenvalue weighted by atomic mass is 10.1. The van der Waals surface area contributed by atoms with Gasteiger partial charge in [-0.3, -0.25) is 4.79 Å². The molecule has 178 valence electrons. The van der Waals surface area contributed by atoms with Crippen molar-refractivity contribution in [1.29, 1.82) is 5.26 Å². The zero-order valence-corrected chi connectivity index (χ0v) is 21.0. The van der Waals surface area contributed by atoms with Crippen molar-refractivity contribution in [2.24, 2.45) is 0 Å². The van der Waals surface area contributed by atoms with Gasteiger partial charge in [0.25, 0.3) is 0 Å². The molecule has 0 aliphatic carbocycles. The number of nitrogens with zero attached hydrogens (tertiary/aromatic N) is 1. The van der Waals surface area contributed by atoms with Crippen LogP contribution in [-0.2, 0) is 16.0 Å². The predicted molar refractivity (Wildman–Crippen MR) is 138 cm³/mol. The van der Waals surface area contributed by atoms with Gasteiger partial charge in [0.05, 0.1) is 31.4 Å². The second-order valence-electron chi connectivity index (χ2n) is 7.31. The number of fused-ring (bicyclic) bond motifs is 1. The average molecular weight is 528 g/mol. The second-order valence-corrected chi connectivity index (χ2v) is 9.01. The van der Waals surface area contributed by atoms with Gasteiger partial charge in [-0.25, -0.2) is 0 Å². The number of carbonyl (C=O) groups is 1. The Balaban J connectivity index is 1.70. The van der Waals surface area contributed by atoms with Gasteiger partial charge in [0.2, 0.25) is 0 Å². The monoisotopic (exact) mass is 527 g/mol. The average Bonchev–Trinajstić information content (AvgIpc) is 3.28. The van der Waals surface area contributed by atoms with E-state index in [1.165, 1.54) is 26.2 Å². The number of halogens is 2. The minimum Gasteiger partial charge on any atom is -0.493 e. The van der Waals surface area contributed by atoms with Gasteiger partial charge in [-0.2, -0.15) is 5.26 Å². The number of H-pyrrole nitrogens is 1. The van der Waals surface area contributed by atoms with Gasteiger partial charge in [-0.05, 0) is 66.0 Å². The third kappa shape index (κ3) is 5.60. The van der Waals surface area contributed by atoms with E-state index in [1.807, 2.05) is 12.1 Å². The summed E-state index contributed by atoms with van der Waals surface area (Å²) in [6.45, 7) is 0. The van der Waals surface area contributed by atoms with Crippen LogP contribution in [0.2, 0.25) is 10.0 Å². The molecule has 0 fully saturated rings. The summed E-state index contributed by atoms with van der Waals surface area (Å²) in [7, 11) is 2.87. The Labute approximate surface area is 216 Å². The molecule has 1 heterocycles. The van der Waals surface area contributed by atoms with Crippen molar-refractivity contribution in [1.82, 2.24) is 4.98 Å². The molecule has 7 nitrogen and oxygen atoms in total. The van der Waals surface area contributed by atoms with Crippen LogP contribution in [0.3, 0.4) is 0 Å². The lowest BCUT2D eigenvalue weighted by Gasteiger charge is -2.16. The number of nitriles is 1. The maximum Gasteiger partial charge on any atom is 0.309 e. The van der Waals surface area contributed by atoms with E-state index < -0.39 is 0 Å². The van der Waals surface area contributed by atoms with Crippen LogP contribution in [0.1, 0.15) is 11.3 Å². The molecule has 4 rings (SSSR count). The second kappa shape index (κ2) is 10.8. The van der Waals surface area contributed by atoms with Gasteiger partial charge in [-0.1, -0.05) is 29.3 Å². The van der Waals surface area contributed by atoms with Crippen LogP contribution in [0.25, 0.3) is 10.9 Å². The lowest BCUT2D eigenvalue weighted by Crippen LogP contribution is -2.04. The number of benzene rings is 3. The molecule has 0 saturated carbocycles. The minimum atomic E-state index is -0.351. The Kier molecular flexibility index (Phi) is 7.61. The summed E-state index contributed by atoms with van der Waals surface area (Å²) < 4.78 is 19.8. The number of esters is 1. The van der Waals surface area contributed by atoms with E-state index in [9.17, 15) is 10.1 Å². The topological polar surface area (TPSA) is 96.4 Å². The Morgan fingerprint density at radius 2 is 1.86 bits per heavy atom. The fourth-order valence-electron chi connectivity index (χ4n) is 3.36. The molecule has 0 spiro atoms. The van der Waals surface area contributed by atoms with Gasteiger partial charge in [0.15, 0.2) is 17.2 Å². The highest BCUT2D eigenvalue weighted by atomic mass is 35.5. The molecule has 2 N–H and O–H groups in total. The number of rotatable bonds is 8. The number of methoxy groups -OCH3 is 2. The van der Waals surface area contributed by atoms with E-state index >= 15 is 0 Å². The summed E-state index contributed by atoms with van der Waals surface area (Å²) >= 11 is 13.6. The first kappa shape index (κ1) is 24.6. The van der Waals surface area contributed by atoms with Crippen molar-refractivity contribution in [3.8, 4) is 23.3 Å². The smallest absolute Gasteiger partial charge is 0.309 e. The first-order valence-electron chi connectivity index (χ1n) is 10.3. The first-order chi connectivity index (χ1) is 16.9. The highest BCUT2D eigenvalue weighted by molar-refractivity contribution is 8.00. The molecule has 35 heavy (non-hydrogen) atoms. The van der Waals surface area contributed by atoms with Gasteiger partial charge >= 0.3 is 5.97 Å². The number of ether oxygens (including phenoxy) is 3. The predicted octanol–water partition coefficient (Wildman–Crippen LogP) is 6.98. The number of aromatic amines is 1. The van der Waals surface area contributed by atoms with Crippen LogP contribution in [0.15, 0.2) is 59.5 Å². The maximum absolute atomic E-state index is 11.6. The van der Waals surface area contributed by atoms with Crippen LogP contribution in [0, 0.1) is 11.3 Å². The fourth-order valence-corrected chi connectivity index (χ4v) is 4.60. The summed E-state index contributed by atoms with van der Waals surface area (Å²) in [5.74, 6) is 1.06. The van der Waals surface area contributed by atoms with E-state index in [1.54, 1.807) is 42.5 Å². The standard InChI is InChI=1S/C25H19Cl2N3O4S/c1-32-22-9-14(10-24(31)33-2)3-6-20(22)34-21-7-5-19-17(12-16(13-28)29-19)25(21)30-35-23-8-4-15(26)11-18(23)27/h3-9,11-12,29-30H,10H2,1-2H3. The van der Waals surface area contributed by atoms with Crippen molar-refractivity contribution in [3.63, 3.8) is 0 Å². The van der Waals surface area contributed by atoms with Crippen LogP contribution in [-0.4, -0.2) is 25.2 Å². The van der Waals surface area contributed by atoms with Crippen LogP contribution in [0.5, 0.6) is 17.2 Å². The number of hydrogen-bond donors (Lipinski definition) is 2. The van der Waals surface area contributed by atoms with Gasteiger partial charge in [0.1, 0.15) is 11.8 Å². The Hall–Kier alpha value is -3.51. The van der Waals surface area contributed by atoms with E-state index in [0.717, 1.165) is 21.4 Å². The normalized spacial score (nSPS) is 10.6. The molecule has 0 saturated heterocycles. The van der Waals surface area contributed by atoms with Crippen LogP contribution >= 0.6 is 35.1 Å². The fraction of sp³-hybridized carbons (Fsp3) is 0.120. The molecule has 3 aromatic carbocycles. The molecule has 1 aromatic heterocycles. The van der Waals surface area contributed by atoms with E-state index in [-0.39, 0.29) is 12.4 Å². The molecular weight excluding hydrogens is 509 g/mol. The van der Waals surface area contributed by atoms with Crippen molar-refractivity contribution >= 4 is 57.7 Å². The summed E-state index contributed by atoms with van der Waals surface area (Å²) in [6.07, 6.45) is 0.116. The van der Waals surface area contributed by atoms with E-state index in [0.29, 0.717) is 38.7 Å². The number of anilines is 1. The van der Waals surface area contributed by atoms with E-state index in [2.05, 4.69) is 15.8 Å². The molecule has 0 aliphatic rings. The van der Waals surface area contributed by atoms with Crippen molar-refractivity contribution in [2.45, 2.75) is 11.3 Å². The van der Waals surface area contributed by atoms with Crippen molar-refractivity contribution < 1.29 is 19.0 Å². The Morgan fingerprint density at radius 1 is 1.06 bits per heavy atom. The molecule has 0 amide bonds. The molecule has 10 heteroatoms. The Morgan fingerprint density at radius 3 is 2.57 bits per heavy atom. The number of hydrogen-bond acceptors (Lipinski definition) is 7. The summed E-state index contributed by atoms with van der Waals surface area (Å²) in [6, 6.07) is 17.9.